The van der Waals surface area contributed by atoms with Gasteiger partial charge < -0.3 is 10.1 Å². The average molecular weight is 312 g/mol. The fourth-order valence-corrected chi connectivity index (χ4v) is 2.73. The van der Waals surface area contributed by atoms with E-state index in [1.807, 2.05) is 6.07 Å². The molecule has 0 fully saturated rings. The van der Waals surface area contributed by atoms with Crippen molar-refractivity contribution in [1.82, 2.24) is 0 Å². The number of aryl methyl sites for hydroxylation is 1. The van der Waals surface area contributed by atoms with E-state index in [0.29, 0.717) is 27.9 Å². The predicted octanol–water partition coefficient (Wildman–Crippen LogP) is 4.99. The van der Waals surface area contributed by atoms with E-state index >= 15 is 0 Å². The Morgan fingerprint density at radius 3 is 2.80 bits per heavy atom. The second kappa shape index (κ2) is 5.15. The van der Waals surface area contributed by atoms with E-state index in [2.05, 4.69) is 5.32 Å². The monoisotopic (exact) mass is 311 g/mol. The summed E-state index contributed by atoms with van der Waals surface area (Å²) in [6, 6.07) is 8.49. The largest absolute Gasteiger partial charge is 0.480 e. The maximum absolute atomic E-state index is 13.6. The number of ether oxygens (including phenoxy) is 1. The van der Waals surface area contributed by atoms with E-state index < -0.39 is 0 Å². The highest BCUT2D eigenvalue weighted by molar-refractivity contribution is 6.36. The average Bonchev–Trinajstić information content (AvgIpc) is 2.41. The van der Waals surface area contributed by atoms with Crippen molar-refractivity contribution >= 4 is 28.9 Å². The van der Waals surface area contributed by atoms with Crippen molar-refractivity contribution in [2.45, 2.75) is 13.0 Å². The van der Waals surface area contributed by atoms with Crippen LogP contribution in [0.3, 0.4) is 0 Å². The van der Waals surface area contributed by atoms with Crippen LogP contribution in [0, 0.1) is 12.7 Å². The van der Waals surface area contributed by atoms with Gasteiger partial charge in [0.05, 0.1) is 17.3 Å². The highest BCUT2D eigenvalue weighted by Crippen LogP contribution is 2.41. The van der Waals surface area contributed by atoms with Crippen molar-refractivity contribution in [3.8, 4) is 5.75 Å². The highest BCUT2D eigenvalue weighted by Gasteiger charge is 2.24. The number of rotatable bonds is 1. The molecule has 2 aromatic carbocycles. The third-order valence-corrected chi connectivity index (χ3v) is 3.81. The lowest BCUT2D eigenvalue weighted by molar-refractivity contribution is 0.210. The van der Waals surface area contributed by atoms with Crippen molar-refractivity contribution in [2.75, 3.05) is 11.9 Å². The van der Waals surface area contributed by atoms with Gasteiger partial charge >= 0.3 is 0 Å². The zero-order valence-corrected chi connectivity index (χ0v) is 12.2. The van der Waals surface area contributed by atoms with Gasteiger partial charge in [0, 0.05) is 5.02 Å². The first-order chi connectivity index (χ1) is 9.54. The van der Waals surface area contributed by atoms with Gasteiger partial charge in [-0.15, -0.1) is 0 Å². The van der Waals surface area contributed by atoms with Crippen LogP contribution in [0.2, 0.25) is 10.0 Å². The van der Waals surface area contributed by atoms with Gasteiger partial charge in [-0.1, -0.05) is 35.3 Å². The lowest BCUT2D eigenvalue weighted by Crippen LogP contribution is -2.24. The summed E-state index contributed by atoms with van der Waals surface area (Å²) in [5, 5.41) is 4.20. The highest BCUT2D eigenvalue weighted by atomic mass is 35.5. The van der Waals surface area contributed by atoms with Crippen LogP contribution in [-0.4, -0.2) is 6.54 Å². The van der Waals surface area contributed by atoms with Crippen molar-refractivity contribution in [3.63, 3.8) is 0 Å². The Bertz CT molecular complexity index is 675. The summed E-state index contributed by atoms with van der Waals surface area (Å²) >= 11 is 12.1. The van der Waals surface area contributed by atoms with Gasteiger partial charge in [-0.05, 0) is 36.2 Å². The van der Waals surface area contributed by atoms with Gasteiger partial charge in [0.1, 0.15) is 11.9 Å². The van der Waals surface area contributed by atoms with Crippen LogP contribution < -0.4 is 10.1 Å². The summed E-state index contributed by atoms with van der Waals surface area (Å²) in [7, 11) is 0. The number of halogens is 3. The Labute approximate surface area is 126 Å². The first kappa shape index (κ1) is 13.5. The fourth-order valence-electron chi connectivity index (χ4n) is 2.19. The number of anilines is 1. The zero-order valence-electron chi connectivity index (χ0n) is 10.7. The van der Waals surface area contributed by atoms with Crippen molar-refractivity contribution in [1.29, 1.82) is 0 Å². The standard InChI is InChI=1S/C15H12Cl2FNO/c1-8-2-3-9(4-12(8)18)14-7-19-13-6-10(16)5-11(17)15(13)20-14/h2-6,14,19H,7H2,1H3. The Hall–Kier alpha value is -1.45. The van der Waals surface area contributed by atoms with Crippen LogP contribution >= 0.6 is 23.2 Å². The molecule has 0 aliphatic carbocycles. The SMILES string of the molecule is Cc1ccc(C2CNc3cc(Cl)cc(Cl)c3O2)cc1F. The zero-order chi connectivity index (χ0) is 14.3. The minimum absolute atomic E-state index is 0.237. The lowest BCUT2D eigenvalue weighted by atomic mass is 10.1. The summed E-state index contributed by atoms with van der Waals surface area (Å²) in [4.78, 5) is 0. The smallest absolute Gasteiger partial charge is 0.162 e. The van der Waals surface area contributed by atoms with E-state index in [0.717, 1.165) is 11.3 Å². The number of hydrogen-bond acceptors (Lipinski definition) is 2. The number of benzene rings is 2. The second-order valence-corrected chi connectivity index (χ2v) is 5.60. The van der Waals surface area contributed by atoms with E-state index in [-0.39, 0.29) is 11.9 Å². The quantitative estimate of drug-likeness (QED) is 0.801. The van der Waals surface area contributed by atoms with Crippen LogP contribution in [0.15, 0.2) is 30.3 Å². The summed E-state index contributed by atoms with van der Waals surface area (Å²) in [5.41, 5.74) is 2.14. The van der Waals surface area contributed by atoms with Crippen LogP contribution in [-0.2, 0) is 0 Å². The third-order valence-electron chi connectivity index (χ3n) is 3.31. The molecule has 5 heteroatoms. The maximum atomic E-state index is 13.6. The van der Waals surface area contributed by atoms with Gasteiger partial charge in [0.15, 0.2) is 5.75 Å². The molecule has 1 heterocycles. The first-order valence-electron chi connectivity index (χ1n) is 6.20. The Balaban J connectivity index is 1.93. The van der Waals surface area contributed by atoms with Gasteiger partial charge in [-0.25, -0.2) is 4.39 Å². The van der Waals surface area contributed by atoms with Crippen molar-refractivity contribution in [3.05, 3.63) is 57.3 Å². The summed E-state index contributed by atoms with van der Waals surface area (Å²) < 4.78 is 19.5. The summed E-state index contributed by atoms with van der Waals surface area (Å²) in [6.45, 7) is 2.26. The molecule has 0 bridgehead atoms. The topological polar surface area (TPSA) is 21.3 Å². The molecule has 1 aliphatic heterocycles. The van der Waals surface area contributed by atoms with E-state index in [1.54, 1.807) is 25.1 Å². The molecule has 0 aromatic heterocycles. The lowest BCUT2D eigenvalue weighted by Gasteiger charge is -2.28. The second-order valence-electron chi connectivity index (χ2n) is 4.76. The third kappa shape index (κ3) is 2.43. The molecule has 1 unspecified atom stereocenters. The molecule has 0 amide bonds. The van der Waals surface area contributed by atoms with Crippen molar-refractivity contribution < 1.29 is 9.13 Å². The fraction of sp³-hybridized carbons (Fsp3) is 0.200. The molecule has 20 heavy (non-hydrogen) atoms. The maximum Gasteiger partial charge on any atom is 0.162 e. The van der Waals surface area contributed by atoms with Gasteiger partial charge in [-0.3, -0.25) is 0 Å². The van der Waals surface area contributed by atoms with Gasteiger partial charge in [0.2, 0.25) is 0 Å². The summed E-state index contributed by atoms with van der Waals surface area (Å²) in [5.74, 6) is 0.312. The Kier molecular flexibility index (Phi) is 3.48. The van der Waals surface area contributed by atoms with Crippen molar-refractivity contribution in [2.24, 2.45) is 0 Å². The molecule has 0 saturated carbocycles. The van der Waals surface area contributed by atoms with Crippen LogP contribution in [0.25, 0.3) is 0 Å². The molecule has 2 aromatic rings. The minimum Gasteiger partial charge on any atom is -0.480 e. The van der Waals surface area contributed by atoms with Gasteiger partial charge in [-0.2, -0.15) is 0 Å². The molecule has 0 spiro atoms. The van der Waals surface area contributed by atoms with Crippen LogP contribution in [0.1, 0.15) is 17.2 Å². The molecule has 3 rings (SSSR count). The van der Waals surface area contributed by atoms with E-state index in [1.165, 1.54) is 6.07 Å². The number of fused-ring (bicyclic) bond motifs is 1. The Morgan fingerprint density at radius 1 is 1.25 bits per heavy atom. The number of hydrogen-bond donors (Lipinski definition) is 1. The number of nitrogens with one attached hydrogen (secondary N) is 1. The molecule has 0 saturated heterocycles. The predicted molar refractivity (Wildman–Crippen MR) is 79.5 cm³/mol. The molecular formula is C15H12Cl2FNO. The van der Waals surface area contributed by atoms with Crippen LogP contribution in [0.4, 0.5) is 10.1 Å². The molecule has 1 atom stereocenters. The van der Waals surface area contributed by atoms with E-state index in [9.17, 15) is 4.39 Å². The summed E-state index contributed by atoms with van der Waals surface area (Å²) in [6.07, 6.45) is -0.281. The minimum atomic E-state index is -0.281. The normalized spacial score (nSPS) is 17.1. The van der Waals surface area contributed by atoms with Gasteiger partial charge in [0.25, 0.3) is 0 Å². The molecule has 0 radical (unpaired) electrons. The molecular weight excluding hydrogens is 300 g/mol. The van der Waals surface area contributed by atoms with Crippen LogP contribution in [0.5, 0.6) is 5.75 Å². The van der Waals surface area contributed by atoms with E-state index in [4.69, 9.17) is 27.9 Å². The molecule has 104 valence electrons. The molecule has 1 N–H and O–H groups in total. The Morgan fingerprint density at radius 2 is 2.05 bits per heavy atom. The molecule has 1 aliphatic rings. The molecule has 2 nitrogen and oxygen atoms in total. The first-order valence-corrected chi connectivity index (χ1v) is 6.96.